The maximum Gasteiger partial charge on any atom is 0.264 e. The molecular weight excluding hydrogens is 224 g/mol. The van der Waals surface area contributed by atoms with E-state index in [9.17, 15) is 8.42 Å². The topological polar surface area (TPSA) is 43.4 Å². The van der Waals surface area contributed by atoms with Crippen LogP contribution in [-0.4, -0.2) is 20.3 Å². The summed E-state index contributed by atoms with van der Waals surface area (Å²) in [5.41, 5.74) is 0.00118. The lowest BCUT2D eigenvalue weighted by atomic mass is 9.48. The maximum atomic E-state index is 11.4. The monoisotopic (exact) mass is 244 g/mol. The van der Waals surface area contributed by atoms with Crippen LogP contribution in [0.25, 0.3) is 0 Å². The minimum atomic E-state index is -3.31. The van der Waals surface area contributed by atoms with E-state index in [1.54, 1.807) is 0 Å². The molecule has 0 aromatic rings. The van der Waals surface area contributed by atoms with E-state index >= 15 is 0 Å². The van der Waals surface area contributed by atoms with Crippen LogP contribution < -0.4 is 0 Å². The quantitative estimate of drug-likeness (QED) is 0.700. The predicted octanol–water partition coefficient (Wildman–Crippen LogP) is 2.32. The molecule has 0 saturated heterocycles. The molecule has 0 aliphatic heterocycles. The smallest absolute Gasteiger partial charge is 0.264 e. The molecule has 0 amide bonds. The van der Waals surface area contributed by atoms with Crippen molar-refractivity contribution in [1.82, 2.24) is 0 Å². The Bertz CT molecular complexity index is 398. The number of hydrogen-bond acceptors (Lipinski definition) is 3. The third-order valence-electron chi connectivity index (χ3n) is 4.63. The Morgan fingerprint density at radius 2 is 1.69 bits per heavy atom. The summed E-state index contributed by atoms with van der Waals surface area (Å²) in [6, 6.07) is 0. The third kappa shape index (κ3) is 1.80. The van der Waals surface area contributed by atoms with E-state index in [1.807, 2.05) is 0 Å². The normalized spacial score (nSPS) is 50.9. The molecule has 0 aromatic carbocycles. The van der Waals surface area contributed by atoms with E-state index in [1.165, 1.54) is 25.5 Å². The van der Waals surface area contributed by atoms with Crippen LogP contribution in [0.4, 0.5) is 0 Å². The molecule has 4 bridgehead atoms. The molecule has 4 fully saturated rings. The molecule has 2 unspecified atom stereocenters. The second-order valence-electron chi connectivity index (χ2n) is 6.74. The maximum absolute atomic E-state index is 11.4. The molecule has 4 rings (SSSR count). The molecule has 4 heteroatoms. The molecule has 0 aromatic heterocycles. The summed E-state index contributed by atoms with van der Waals surface area (Å²) in [6.45, 7) is 2.31. The zero-order valence-electron chi connectivity index (χ0n) is 10.0. The Morgan fingerprint density at radius 1 is 1.12 bits per heavy atom. The molecular formula is C12H20O3S. The van der Waals surface area contributed by atoms with Crippen LogP contribution in [0.5, 0.6) is 0 Å². The van der Waals surface area contributed by atoms with Gasteiger partial charge in [0, 0.05) is 0 Å². The van der Waals surface area contributed by atoms with Crippen LogP contribution in [0.3, 0.4) is 0 Å². The van der Waals surface area contributed by atoms with Gasteiger partial charge in [-0.05, 0) is 55.8 Å². The first kappa shape index (κ1) is 11.0. The summed E-state index contributed by atoms with van der Waals surface area (Å²) in [5.74, 6) is 1.40. The van der Waals surface area contributed by atoms with Gasteiger partial charge >= 0.3 is 0 Å². The Hall–Kier alpha value is -0.0900. The highest BCUT2D eigenvalue weighted by molar-refractivity contribution is 7.86. The van der Waals surface area contributed by atoms with Crippen LogP contribution in [0.2, 0.25) is 0 Å². The first-order valence-electron chi connectivity index (χ1n) is 6.18. The van der Waals surface area contributed by atoms with Crippen molar-refractivity contribution >= 4 is 10.1 Å². The fraction of sp³-hybridized carbons (Fsp3) is 1.00. The summed E-state index contributed by atoms with van der Waals surface area (Å²) in [7, 11) is -3.31. The van der Waals surface area contributed by atoms with E-state index in [0.717, 1.165) is 19.3 Å². The molecule has 4 saturated carbocycles. The lowest BCUT2D eigenvalue weighted by Crippen LogP contribution is -2.56. The summed E-state index contributed by atoms with van der Waals surface area (Å²) in [4.78, 5) is 0. The Morgan fingerprint density at radius 3 is 2.12 bits per heavy atom. The first-order chi connectivity index (χ1) is 7.28. The van der Waals surface area contributed by atoms with Crippen molar-refractivity contribution in [2.75, 3.05) is 6.26 Å². The SMILES string of the molecule is CC12CC3CC(C1)CC(OS(C)(=O)=O)(C3)C2. The molecule has 2 atom stereocenters. The number of rotatable bonds is 2. The van der Waals surface area contributed by atoms with Crippen LogP contribution in [0.1, 0.15) is 45.4 Å². The van der Waals surface area contributed by atoms with Gasteiger partial charge in [0.25, 0.3) is 10.1 Å². The molecule has 4 aliphatic carbocycles. The van der Waals surface area contributed by atoms with Crippen molar-refractivity contribution in [2.24, 2.45) is 17.3 Å². The Kier molecular flexibility index (Phi) is 2.08. The van der Waals surface area contributed by atoms with Crippen molar-refractivity contribution in [3.8, 4) is 0 Å². The highest BCUT2D eigenvalue weighted by Gasteiger charge is 2.57. The van der Waals surface area contributed by atoms with Gasteiger partial charge in [0.1, 0.15) is 0 Å². The van der Waals surface area contributed by atoms with Crippen molar-refractivity contribution in [3.63, 3.8) is 0 Å². The fourth-order valence-corrected chi connectivity index (χ4v) is 5.88. The third-order valence-corrected chi connectivity index (χ3v) is 5.28. The second-order valence-corrected chi connectivity index (χ2v) is 8.32. The van der Waals surface area contributed by atoms with Crippen molar-refractivity contribution < 1.29 is 12.6 Å². The molecule has 4 aliphatic rings. The van der Waals surface area contributed by atoms with Gasteiger partial charge in [-0.15, -0.1) is 0 Å². The Balaban J connectivity index is 1.92. The van der Waals surface area contributed by atoms with Crippen molar-refractivity contribution in [1.29, 1.82) is 0 Å². The van der Waals surface area contributed by atoms with Crippen LogP contribution in [-0.2, 0) is 14.3 Å². The van der Waals surface area contributed by atoms with Gasteiger partial charge in [-0.1, -0.05) is 6.92 Å². The van der Waals surface area contributed by atoms with Gasteiger partial charge in [-0.25, -0.2) is 0 Å². The molecule has 0 radical (unpaired) electrons. The van der Waals surface area contributed by atoms with Crippen LogP contribution in [0.15, 0.2) is 0 Å². The summed E-state index contributed by atoms with van der Waals surface area (Å²) in [6.07, 6.45) is 7.91. The van der Waals surface area contributed by atoms with Gasteiger partial charge in [-0.3, -0.25) is 4.18 Å². The van der Waals surface area contributed by atoms with Crippen molar-refractivity contribution in [3.05, 3.63) is 0 Å². The molecule has 3 nitrogen and oxygen atoms in total. The summed E-state index contributed by atoms with van der Waals surface area (Å²) < 4.78 is 28.3. The van der Waals surface area contributed by atoms with E-state index in [4.69, 9.17) is 4.18 Å². The molecule has 92 valence electrons. The average Bonchev–Trinajstić information content (AvgIpc) is 1.91. The molecule has 0 heterocycles. The largest absolute Gasteiger partial charge is 0.264 e. The van der Waals surface area contributed by atoms with Crippen molar-refractivity contribution in [2.45, 2.75) is 51.0 Å². The van der Waals surface area contributed by atoms with E-state index in [-0.39, 0.29) is 5.60 Å². The van der Waals surface area contributed by atoms with Crippen LogP contribution in [0, 0.1) is 17.3 Å². The second kappa shape index (κ2) is 3.02. The molecule has 16 heavy (non-hydrogen) atoms. The van der Waals surface area contributed by atoms with Gasteiger partial charge in [0.2, 0.25) is 0 Å². The minimum Gasteiger partial charge on any atom is -0.264 e. The molecule has 0 N–H and O–H groups in total. The first-order valence-corrected chi connectivity index (χ1v) is 8.00. The van der Waals surface area contributed by atoms with E-state index in [2.05, 4.69) is 6.92 Å². The Labute approximate surface area is 97.7 Å². The van der Waals surface area contributed by atoms with E-state index < -0.39 is 10.1 Å². The van der Waals surface area contributed by atoms with Crippen LogP contribution >= 0.6 is 0 Å². The van der Waals surface area contributed by atoms with Gasteiger partial charge in [-0.2, -0.15) is 8.42 Å². The minimum absolute atomic E-state index is 0.341. The highest BCUT2D eigenvalue weighted by atomic mass is 32.2. The zero-order valence-corrected chi connectivity index (χ0v) is 10.8. The standard InChI is InChI=1S/C12H20O3S/c1-11-4-9-3-10(5-11)7-12(6-9,8-11)15-16(2,13)14/h9-10H,3-8H2,1-2H3. The average molecular weight is 244 g/mol. The summed E-state index contributed by atoms with van der Waals surface area (Å²) >= 11 is 0. The zero-order chi connectivity index (χ0) is 11.6. The summed E-state index contributed by atoms with van der Waals surface area (Å²) in [5, 5.41) is 0. The molecule has 0 spiro atoms. The lowest BCUT2D eigenvalue weighted by Gasteiger charge is -2.60. The lowest BCUT2D eigenvalue weighted by molar-refractivity contribution is -0.140. The number of hydrogen-bond donors (Lipinski definition) is 0. The highest BCUT2D eigenvalue weighted by Crippen LogP contribution is 2.62. The van der Waals surface area contributed by atoms with Gasteiger partial charge < -0.3 is 0 Å². The fourth-order valence-electron chi connectivity index (χ4n) is 5.05. The van der Waals surface area contributed by atoms with Gasteiger partial charge in [0.05, 0.1) is 11.9 Å². The van der Waals surface area contributed by atoms with E-state index in [0.29, 0.717) is 17.3 Å². The van der Waals surface area contributed by atoms with Gasteiger partial charge in [0.15, 0.2) is 0 Å². The predicted molar refractivity (Wildman–Crippen MR) is 61.4 cm³/mol.